The number of aromatic nitrogens is 1. The molecule has 0 N–H and O–H groups in total. The molecule has 9 aromatic carbocycles. The fraction of sp³-hybridized carbons (Fsp3) is 0.0526. The number of ether oxygens (including phenoxy) is 1. The van der Waals surface area contributed by atoms with Gasteiger partial charge in [0.1, 0.15) is 5.75 Å². The zero-order valence-corrected chi connectivity index (χ0v) is 35.2. The number of hydrogen-bond acceptors (Lipinski definition) is 3. The van der Waals surface area contributed by atoms with Gasteiger partial charge in [-0.05, 0) is 118 Å². The van der Waals surface area contributed by atoms with Crippen molar-refractivity contribution >= 4 is 70.4 Å². The van der Waals surface area contributed by atoms with E-state index in [1.165, 1.54) is 75.4 Å². The lowest BCUT2D eigenvalue weighted by atomic mass is 10.0. The van der Waals surface area contributed by atoms with Gasteiger partial charge in [0.25, 0.3) is 0 Å². The highest BCUT2D eigenvalue weighted by Gasteiger charge is 2.17. The van der Waals surface area contributed by atoms with Crippen molar-refractivity contribution in [2.24, 2.45) is 0 Å². The summed E-state index contributed by atoms with van der Waals surface area (Å²) < 4.78 is 10.4. The van der Waals surface area contributed by atoms with E-state index in [0.29, 0.717) is 0 Å². The molecule has 0 saturated heterocycles. The first-order valence-electron chi connectivity index (χ1n) is 20.9. The van der Waals surface area contributed by atoms with Crippen LogP contribution in [0.15, 0.2) is 212 Å². The summed E-state index contributed by atoms with van der Waals surface area (Å²) in [4.78, 5) is 2.36. The molecule has 0 aliphatic rings. The summed E-state index contributed by atoms with van der Waals surface area (Å²) in [5.41, 5.74) is 14.0. The van der Waals surface area contributed by atoms with E-state index in [9.17, 15) is 0 Å². The second-order valence-corrected chi connectivity index (χ2v) is 16.0. The maximum atomic E-state index is 5.45. The maximum Gasteiger partial charge on any atom is 0.119 e. The molecular formula is C57H44N2OS. The van der Waals surface area contributed by atoms with E-state index in [1.54, 1.807) is 7.11 Å². The van der Waals surface area contributed by atoms with Crippen molar-refractivity contribution in [1.29, 1.82) is 0 Å². The average Bonchev–Trinajstić information content (AvgIpc) is 3.89. The molecule has 11 rings (SSSR count). The largest absolute Gasteiger partial charge is 0.497 e. The highest BCUT2D eigenvalue weighted by atomic mass is 32.1. The third-order valence-corrected chi connectivity index (χ3v) is 12.8. The Bertz CT molecular complexity index is 3270. The van der Waals surface area contributed by atoms with Crippen molar-refractivity contribution in [2.75, 3.05) is 12.0 Å². The third-order valence-electron chi connectivity index (χ3n) is 11.5. The van der Waals surface area contributed by atoms with E-state index in [2.05, 4.69) is 210 Å². The monoisotopic (exact) mass is 804 g/mol. The van der Waals surface area contributed by atoms with Crippen LogP contribution in [-0.2, 0) is 0 Å². The van der Waals surface area contributed by atoms with Crippen LogP contribution in [0.1, 0.15) is 13.8 Å². The summed E-state index contributed by atoms with van der Waals surface area (Å²) in [5.74, 6) is 0.848. The van der Waals surface area contributed by atoms with Crippen LogP contribution in [0.3, 0.4) is 0 Å². The van der Waals surface area contributed by atoms with Crippen molar-refractivity contribution in [1.82, 2.24) is 4.57 Å². The summed E-state index contributed by atoms with van der Waals surface area (Å²) >= 11 is 1.87. The van der Waals surface area contributed by atoms with E-state index in [-0.39, 0.29) is 0 Å². The summed E-state index contributed by atoms with van der Waals surface area (Å²) in [6, 6.07) is 76.7. The van der Waals surface area contributed by atoms with Crippen LogP contribution >= 0.6 is 11.3 Å². The number of para-hydroxylation sites is 1. The fourth-order valence-electron chi connectivity index (χ4n) is 8.61. The molecule has 2 aromatic heterocycles. The van der Waals surface area contributed by atoms with Gasteiger partial charge in [-0.3, -0.25) is 0 Å². The van der Waals surface area contributed by atoms with Gasteiger partial charge >= 0.3 is 0 Å². The lowest BCUT2D eigenvalue weighted by molar-refractivity contribution is 0.415. The molecule has 0 bridgehead atoms. The molecule has 0 radical (unpaired) electrons. The molecule has 3 nitrogen and oxygen atoms in total. The standard InChI is InChI=1S/C55H38N2OS.C2H6/c1-58-46-33-31-45(32-34-46)57-52-16-7-5-12-48(52)51-36-41(24-35-53(51)57)39-20-27-43(28-21-39)56(42-25-18-38(19-26-42)37-10-3-2-4-11-37)44-29-22-40(23-30-44)47-14-9-15-50-49-13-6-8-17-54(49)59-55(47)50;1-2/h2-36H,1H3;1-2H3. The predicted octanol–water partition coefficient (Wildman–Crippen LogP) is 16.7. The van der Waals surface area contributed by atoms with Gasteiger partial charge in [-0.1, -0.05) is 141 Å². The van der Waals surface area contributed by atoms with Crippen molar-refractivity contribution < 1.29 is 4.74 Å². The Labute approximate surface area is 361 Å². The zero-order valence-electron chi connectivity index (χ0n) is 34.4. The predicted molar refractivity (Wildman–Crippen MR) is 263 cm³/mol. The minimum absolute atomic E-state index is 0.848. The number of rotatable bonds is 8. The zero-order chi connectivity index (χ0) is 41.3. The smallest absolute Gasteiger partial charge is 0.119 e. The Kier molecular flexibility index (Phi) is 10.1. The Morgan fingerprint density at radius 2 is 0.934 bits per heavy atom. The number of hydrogen-bond donors (Lipinski definition) is 0. The quantitative estimate of drug-likeness (QED) is 0.152. The van der Waals surface area contributed by atoms with E-state index < -0.39 is 0 Å². The molecule has 0 fully saturated rings. The molecule has 4 heteroatoms. The third kappa shape index (κ3) is 6.91. The molecule has 0 amide bonds. The maximum absolute atomic E-state index is 5.45. The minimum Gasteiger partial charge on any atom is -0.497 e. The molecule has 0 saturated carbocycles. The van der Waals surface area contributed by atoms with Gasteiger partial charge in [0.05, 0.1) is 18.1 Å². The van der Waals surface area contributed by atoms with Gasteiger partial charge in [-0.25, -0.2) is 0 Å². The summed E-state index contributed by atoms with van der Waals surface area (Å²) in [7, 11) is 1.70. The number of benzene rings is 9. The van der Waals surface area contributed by atoms with Crippen molar-refractivity contribution in [2.45, 2.75) is 13.8 Å². The van der Waals surface area contributed by atoms with Gasteiger partial charge in [-0.2, -0.15) is 0 Å². The second kappa shape index (κ2) is 16.3. The minimum atomic E-state index is 0.848. The van der Waals surface area contributed by atoms with Gasteiger partial charge in [0.15, 0.2) is 0 Å². The van der Waals surface area contributed by atoms with E-state index in [4.69, 9.17) is 4.74 Å². The van der Waals surface area contributed by atoms with Gasteiger partial charge in [0.2, 0.25) is 0 Å². The van der Waals surface area contributed by atoms with E-state index >= 15 is 0 Å². The van der Waals surface area contributed by atoms with Gasteiger partial charge in [0, 0.05) is 53.7 Å². The molecule has 0 spiro atoms. The number of fused-ring (bicyclic) bond motifs is 6. The SMILES string of the molecule is CC.COc1ccc(-n2c3ccccc3c3cc(-c4ccc(N(c5ccc(-c6ccccc6)cc5)c5ccc(-c6cccc7c6sc6ccccc67)cc5)cc4)ccc32)cc1. The molecule has 0 atom stereocenters. The lowest BCUT2D eigenvalue weighted by Gasteiger charge is -2.26. The molecule has 11 aromatic rings. The Hall–Kier alpha value is -7.40. The van der Waals surface area contributed by atoms with Gasteiger partial charge < -0.3 is 14.2 Å². The molecule has 2 heterocycles. The number of thiophene rings is 1. The van der Waals surface area contributed by atoms with E-state index in [1.807, 2.05) is 37.3 Å². The first kappa shape index (κ1) is 37.8. The van der Waals surface area contributed by atoms with Gasteiger partial charge in [-0.15, -0.1) is 11.3 Å². The molecule has 0 aliphatic heterocycles. The average molecular weight is 805 g/mol. The van der Waals surface area contributed by atoms with Crippen LogP contribution in [-0.4, -0.2) is 11.7 Å². The molecule has 0 aliphatic carbocycles. The number of anilines is 3. The Balaban J connectivity index is 0.00000220. The Morgan fingerprint density at radius 3 is 1.61 bits per heavy atom. The first-order valence-corrected chi connectivity index (χ1v) is 21.8. The summed E-state index contributed by atoms with van der Waals surface area (Å²) in [5, 5.41) is 5.09. The topological polar surface area (TPSA) is 17.4 Å². The number of methoxy groups -OCH3 is 1. The molecule has 294 valence electrons. The fourth-order valence-corrected chi connectivity index (χ4v) is 9.85. The highest BCUT2D eigenvalue weighted by molar-refractivity contribution is 7.26. The number of nitrogens with zero attached hydrogens (tertiary/aromatic N) is 2. The van der Waals surface area contributed by atoms with Crippen LogP contribution in [0.2, 0.25) is 0 Å². The highest BCUT2D eigenvalue weighted by Crippen LogP contribution is 2.42. The van der Waals surface area contributed by atoms with Crippen LogP contribution in [0.5, 0.6) is 5.75 Å². The second-order valence-electron chi connectivity index (χ2n) is 14.9. The van der Waals surface area contributed by atoms with E-state index in [0.717, 1.165) is 28.5 Å². The molecule has 61 heavy (non-hydrogen) atoms. The van der Waals surface area contributed by atoms with Crippen LogP contribution < -0.4 is 9.64 Å². The summed E-state index contributed by atoms with van der Waals surface area (Å²) in [6.07, 6.45) is 0. The van der Waals surface area contributed by atoms with Crippen LogP contribution in [0.25, 0.3) is 81.0 Å². The van der Waals surface area contributed by atoms with Crippen molar-refractivity contribution in [3.63, 3.8) is 0 Å². The first-order chi connectivity index (χ1) is 30.2. The molecular weight excluding hydrogens is 761 g/mol. The lowest BCUT2D eigenvalue weighted by Crippen LogP contribution is -2.09. The van der Waals surface area contributed by atoms with Crippen molar-refractivity contribution in [3.05, 3.63) is 212 Å². The van der Waals surface area contributed by atoms with Crippen LogP contribution in [0.4, 0.5) is 17.1 Å². The normalized spacial score (nSPS) is 11.2. The molecule has 0 unspecified atom stereocenters. The Morgan fingerprint density at radius 1 is 0.410 bits per heavy atom. The van der Waals surface area contributed by atoms with Crippen molar-refractivity contribution in [3.8, 4) is 44.8 Å². The van der Waals surface area contributed by atoms with Crippen LogP contribution in [0, 0.1) is 0 Å². The summed E-state index contributed by atoms with van der Waals surface area (Å²) in [6.45, 7) is 4.00.